The minimum atomic E-state index is -0.608. The highest BCUT2D eigenvalue weighted by molar-refractivity contribution is 7.12. The molecule has 7 nitrogen and oxygen atoms in total. The summed E-state index contributed by atoms with van der Waals surface area (Å²) < 4.78 is 4.97. The molecule has 0 aliphatic carbocycles. The van der Waals surface area contributed by atoms with Crippen LogP contribution in [0.25, 0.3) is 0 Å². The van der Waals surface area contributed by atoms with Crippen LogP contribution >= 0.6 is 11.3 Å². The Labute approximate surface area is 147 Å². The zero-order chi connectivity index (χ0) is 17.8. The van der Waals surface area contributed by atoms with E-state index in [-0.39, 0.29) is 18.9 Å². The number of rotatable bonds is 6. The molecular formula is C17H14N2O5S. The molecule has 25 heavy (non-hydrogen) atoms. The van der Waals surface area contributed by atoms with E-state index in [2.05, 4.69) is 5.32 Å². The molecular weight excluding hydrogens is 344 g/mol. The SMILES string of the molecule is O=C(CCNC(=O)c1cccs1)OCN1C(=O)c2ccccc2C1=O. The molecule has 0 unspecified atom stereocenters. The predicted octanol–water partition coefficient (Wildman–Crippen LogP) is 1.66. The van der Waals surface area contributed by atoms with Gasteiger partial charge in [0, 0.05) is 6.54 Å². The van der Waals surface area contributed by atoms with E-state index in [0.717, 1.165) is 4.90 Å². The molecule has 2 heterocycles. The van der Waals surface area contributed by atoms with Crippen molar-refractivity contribution in [2.75, 3.05) is 13.3 Å². The molecule has 3 rings (SSSR count). The highest BCUT2D eigenvalue weighted by Crippen LogP contribution is 2.22. The van der Waals surface area contributed by atoms with E-state index in [0.29, 0.717) is 16.0 Å². The quantitative estimate of drug-likeness (QED) is 0.626. The zero-order valence-corrected chi connectivity index (χ0v) is 13.9. The summed E-state index contributed by atoms with van der Waals surface area (Å²) in [7, 11) is 0. The smallest absolute Gasteiger partial charge is 0.309 e. The van der Waals surface area contributed by atoms with Gasteiger partial charge >= 0.3 is 5.97 Å². The highest BCUT2D eigenvalue weighted by atomic mass is 32.1. The van der Waals surface area contributed by atoms with Gasteiger partial charge in [0.15, 0.2) is 6.73 Å². The van der Waals surface area contributed by atoms with Crippen LogP contribution in [0.5, 0.6) is 0 Å². The number of benzene rings is 1. The molecule has 1 aliphatic rings. The van der Waals surface area contributed by atoms with Crippen LogP contribution in [-0.4, -0.2) is 41.9 Å². The van der Waals surface area contributed by atoms with Crippen molar-refractivity contribution in [2.24, 2.45) is 0 Å². The Hall–Kier alpha value is -3.00. The first-order valence-electron chi connectivity index (χ1n) is 7.50. The molecule has 2 aromatic rings. The Morgan fingerprint density at radius 1 is 1.04 bits per heavy atom. The van der Waals surface area contributed by atoms with Crippen molar-refractivity contribution in [3.05, 3.63) is 57.8 Å². The van der Waals surface area contributed by atoms with Crippen LogP contribution in [0.3, 0.4) is 0 Å². The second kappa shape index (κ2) is 7.27. The van der Waals surface area contributed by atoms with Gasteiger partial charge < -0.3 is 10.1 Å². The first kappa shape index (κ1) is 16.8. The third-order valence-corrected chi connectivity index (χ3v) is 4.46. The average molecular weight is 358 g/mol. The summed E-state index contributed by atoms with van der Waals surface area (Å²) in [6.45, 7) is -0.332. The summed E-state index contributed by atoms with van der Waals surface area (Å²) in [5.74, 6) is -1.84. The van der Waals surface area contributed by atoms with E-state index in [9.17, 15) is 19.2 Å². The molecule has 128 valence electrons. The summed E-state index contributed by atoms with van der Waals surface area (Å²) in [6, 6.07) is 9.87. The largest absolute Gasteiger partial charge is 0.444 e. The van der Waals surface area contributed by atoms with Gasteiger partial charge in [-0.2, -0.15) is 0 Å². The van der Waals surface area contributed by atoms with Gasteiger partial charge in [-0.25, -0.2) is 4.90 Å². The van der Waals surface area contributed by atoms with E-state index >= 15 is 0 Å². The van der Waals surface area contributed by atoms with Crippen LogP contribution < -0.4 is 5.32 Å². The number of ether oxygens (including phenoxy) is 1. The van der Waals surface area contributed by atoms with Gasteiger partial charge in [0.1, 0.15) is 0 Å². The van der Waals surface area contributed by atoms with Crippen LogP contribution in [0, 0.1) is 0 Å². The van der Waals surface area contributed by atoms with Crippen molar-refractivity contribution >= 4 is 35.0 Å². The zero-order valence-electron chi connectivity index (χ0n) is 13.1. The number of thiophene rings is 1. The molecule has 0 saturated carbocycles. The van der Waals surface area contributed by atoms with Crippen LogP contribution in [0.15, 0.2) is 41.8 Å². The second-order valence-electron chi connectivity index (χ2n) is 5.21. The molecule has 0 fully saturated rings. The fraction of sp³-hybridized carbons (Fsp3) is 0.176. The molecule has 3 amide bonds. The van der Waals surface area contributed by atoms with Gasteiger partial charge in [0.2, 0.25) is 0 Å². The van der Waals surface area contributed by atoms with Crippen LogP contribution in [0.4, 0.5) is 0 Å². The van der Waals surface area contributed by atoms with Gasteiger partial charge in [0.05, 0.1) is 22.4 Å². The standard InChI is InChI=1S/C17H14N2O5S/c20-14(7-8-18-15(21)13-6-3-9-25-13)24-10-19-16(22)11-4-1-2-5-12(11)17(19)23/h1-6,9H,7-8,10H2,(H,18,21). The fourth-order valence-corrected chi connectivity index (χ4v) is 2.98. The number of carbonyl (C=O) groups is 4. The first-order chi connectivity index (χ1) is 12.1. The van der Waals surface area contributed by atoms with Crippen molar-refractivity contribution in [1.82, 2.24) is 10.2 Å². The van der Waals surface area contributed by atoms with E-state index < -0.39 is 24.5 Å². The Kier molecular flexibility index (Phi) is 4.90. The Balaban J connectivity index is 1.45. The normalized spacial score (nSPS) is 12.9. The second-order valence-corrected chi connectivity index (χ2v) is 6.16. The molecule has 1 N–H and O–H groups in total. The number of nitrogens with zero attached hydrogens (tertiary/aromatic N) is 1. The minimum absolute atomic E-state index is 0.0553. The van der Waals surface area contributed by atoms with Crippen molar-refractivity contribution in [3.8, 4) is 0 Å². The maximum atomic E-state index is 12.1. The third-order valence-electron chi connectivity index (χ3n) is 3.59. The topological polar surface area (TPSA) is 92.8 Å². The molecule has 1 aromatic heterocycles. The van der Waals surface area contributed by atoms with Crippen molar-refractivity contribution < 1.29 is 23.9 Å². The monoisotopic (exact) mass is 358 g/mol. The molecule has 1 aliphatic heterocycles. The Bertz CT molecular complexity index is 796. The molecule has 0 spiro atoms. The number of hydrogen-bond acceptors (Lipinski definition) is 6. The maximum absolute atomic E-state index is 12.1. The summed E-state index contributed by atoms with van der Waals surface area (Å²) in [4.78, 5) is 49.1. The number of esters is 1. The molecule has 0 bridgehead atoms. The van der Waals surface area contributed by atoms with E-state index in [1.165, 1.54) is 11.3 Å². The number of fused-ring (bicyclic) bond motifs is 1. The molecule has 0 radical (unpaired) electrons. The molecule has 0 atom stereocenters. The van der Waals surface area contributed by atoms with Gasteiger partial charge in [-0.05, 0) is 23.6 Å². The van der Waals surface area contributed by atoms with Gasteiger partial charge in [-0.15, -0.1) is 11.3 Å². The van der Waals surface area contributed by atoms with Crippen LogP contribution in [-0.2, 0) is 9.53 Å². The average Bonchev–Trinajstić information content (AvgIpc) is 3.23. The summed E-state index contributed by atoms with van der Waals surface area (Å²) in [6.07, 6.45) is -0.0553. The first-order valence-corrected chi connectivity index (χ1v) is 8.38. The number of imide groups is 1. The maximum Gasteiger partial charge on any atom is 0.309 e. The van der Waals surface area contributed by atoms with Gasteiger partial charge in [-0.1, -0.05) is 18.2 Å². The summed E-state index contributed by atoms with van der Waals surface area (Å²) in [5.41, 5.74) is 0.596. The van der Waals surface area contributed by atoms with E-state index in [1.54, 1.807) is 41.8 Å². The third kappa shape index (κ3) is 3.58. The lowest BCUT2D eigenvalue weighted by atomic mass is 10.1. The number of nitrogens with one attached hydrogen (secondary N) is 1. The van der Waals surface area contributed by atoms with Crippen LogP contribution in [0.2, 0.25) is 0 Å². The van der Waals surface area contributed by atoms with Crippen molar-refractivity contribution in [1.29, 1.82) is 0 Å². The van der Waals surface area contributed by atoms with Crippen molar-refractivity contribution in [2.45, 2.75) is 6.42 Å². The van der Waals surface area contributed by atoms with E-state index in [4.69, 9.17) is 4.74 Å². The van der Waals surface area contributed by atoms with Gasteiger partial charge in [0.25, 0.3) is 17.7 Å². The number of hydrogen-bond donors (Lipinski definition) is 1. The number of carbonyl (C=O) groups excluding carboxylic acids is 4. The lowest BCUT2D eigenvalue weighted by molar-refractivity contribution is -0.146. The summed E-state index contributed by atoms with van der Waals surface area (Å²) >= 11 is 1.30. The molecule has 8 heteroatoms. The molecule has 0 saturated heterocycles. The molecule has 1 aromatic carbocycles. The summed E-state index contributed by atoms with van der Waals surface area (Å²) in [5, 5.41) is 4.38. The Morgan fingerprint density at radius 3 is 2.32 bits per heavy atom. The van der Waals surface area contributed by atoms with Crippen molar-refractivity contribution in [3.63, 3.8) is 0 Å². The minimum Gasteiger partial charge on any atom is -0.444 e. The highest BCUT2D eigenvalue weighted by Gasteiger charge is 2.35. The van der Waals surface area contributed by atoms with Gasteiger partial charge in [-0.3, -0.25) is 19.2 Å². The predicted molar refractivity (Wildman–Crippen MR) is 89.2 cm³/mol. The van der Waals surface area contributed by atoms with Crippen LogP contribution in [0.1, 0.15) is 36.8 Å². The Morgan fingerprint density at radius 2 is 1.72 bits per heavy atom. The lowest BCUT2D eigenvalue weighted by Crippen LogP contribution is -2.34. The van der Waals surface area contributed by atoms with E-state index in [1.807, 2.05) is 0 Å². The number of amides is 3. The lowest BCUT2D eigenvalue weighted by Gasteiger charge is -2.13. The fourth-order valence-electron chi connectivity index (χ4n) is 2.34.